The van der Waals surface area contributed by atoms with Crippen LogP contribution in [0.3, 0.4) is 0 Å². The second kappa shape index (κ2) is 4.12. The second-order valence-corrected chi connectivity index (χ2v) is 5.09. The van der Waals surface area contributed by atoms with Crippen molar-refractivity contribution in [2.24, 2.45) is 5.92 Å². The van der Waals surface area contributed by atoms with Crippen LogP contribution in [-0.2, 0) is 16.0 Å². The van der Waals surface area contributed by atoms with E-state index >= 15 is 0 Å². The van der Waals surface area contributed by atoms with E-state index in [1.807, 2.05) is 18.2 Å². The van der Waals surface area contributed by atoms with E-state index in [1.54, 1.807) is 11.9 Å². The Balaban J connectivity index is 1.77. The summed E-state index contributed by atoms with van der Waals surface area (Å²) in [7, 11) is 1.78. The highest BCUT2D eigenvalue weighted by Crippen LogP contribution is 2.31. The Bertz CT molecular complexity index is 521. The molecule has 3 rings (SSSR count). The molecule has 0 bridgehead atoms. The lowest BCUT2D eigenvalue weighted by molar-refractivity contribution is -0.122. The number of hydrogen-bond donors (Lipinski definition) is 1. The van der Waals surface area contributed by atoms with Gasteiger partial charge < -0.3 is 10.2 Å². The predicted octanol–water partition coefficient (Wildman–Crippen LogP) is 1.94. The molecule has 1 fully saturated rings. The van der Waals surface area contributed by atoms with E-state index in [-0.39, 0.29) is 17.7 Å². The average molecular weight is 244 g/mol. The lowest BCUT2D eigenvalue weighted by Crippen LogP contribution is -2.28. The van der Waals surface area contributed by atoms with Crippen molar-refractivity contribution in [1.82, 2.24) is 0 Å². The summed E-state index contributed by atoms with van der Waals surface area (Å²) in [6.45, 7) is 0. The molecule has 1 aliphatic carbocycles. The van der Waals surface area contributed by atoms with E-state index in [4.69, 9.17) is 0 Å². The molecular weight excluding hydrogens is 228 g/mol. The molecule has 1 N–H and O–H groups in total. The molecular formula is C14H16N2O2. The van der Waals surface area contributed by atoms with E-state index in [9.17, 15) is 9.59 Å². The summed E-state index contributed by atoms with van der Waals surface area (Å²) < 4.78 is 0. The van der Waals surface area contributed by atoms with Crippen LogP contribution in [0.4, 0.5) is 11.4 Å². The number of carbonyl (C=O) groups is 2. The topological polar surface area (TPSA) is 49.4 Å². The van der Waals surface area contributed by atoms with Gasteiger partial charge in [0.15, 0.2) is 0 Å². The highest BCUT2D eigenvalue weighted by Gasteiger charge is 2.27. The fraction of sp³-hybridized carbons (Fsp3) is 0.429. The molecule has 2 aliphatic rings. The average Bonchev–Trinajstić information content (AvgIpc) is 2.52. The van der Waals surface area contributed by atoms with Gasteiger partial charge >= 0.3 is 0 Å². The molecule has 0 spiro atoms. The van der Waals surface area contributed by atoms with Crippen molar-refractivity contribution in [3.05, 3.63) is 23.8 Å². The standard InChI is InChI=1S/C14H16N2O2/c1-16-12-6-5-11(7-10(12)8-13(16)17)15-14(18)9-3-2-4-9/h5-7,9H,2-4,8H2,1H3,(H,15,18). The van der Waals surface area contributed by atoms with Gasteiger partial charge in [-0.3, -0.25) is 9.59 Å². The van der Waals surface area contributed by atoms with Crippen molar-refractivity contribution in [3.63, 3.8) is 0 Å². The van der Waals surface area contributed by atoms with Crippen molar-refractivity contribution in [2.45, 2.75) is 25.7 Å². The molecule has 0 aromatic heterocycles. The highest BCUT2D eigenvalue weighted by molar-refractivity contribution is 6.02. The van der Waals surface area contributed by atoms with Crippen LogP contribution in [0.5, 0.6) is 0 Å². The molecule has 4 heteroatoms. The minimum absolute atomic E-state index is 0.104. The summed E-state index contributed by atoms with van der Waals surface area (Å²) >= 11 is 0. The first-order chi connectivity index (χ1) is 8.65. The van der Waals surface area contributed by atoms with Gasteiger partial charge in [-0.2, -0.15) is 0 Å². The summed E-state index contributed by atoms with van der Waals surface area (Å²) in [6, 6.07) is 5.68. The molecule has 2 amide bonds. The third-order valence-electron chi connectivity index (χ3n) is 3.90. The smallest absolute Gasteiger partial charge is 0.231 e. The van der Waals surface area contributed by atoms with E-state index in [0.29, 0.717) is 6.42 Å². The summed E-state index contributed by atoms with van der Waals surface area (Å²) in [5.74, 6) is 0.397. The quantitative estimate of drug-likeness (QED) is 0.864. The van der Waals surface area contributed by atoms with Gasteiger partial charge in [0.2, 0.25) is 11.8 Å². The number of hydrogen-bond acceptors (Lipinski definition) is 2. The number of benzene rings is 1. The minimum atomic E-state index is 0.104. The fourth-order valence-electron chi connectivity index (χ4n) is 2.46. The molecule has 18 heavy (non-hydrogen) atoms. The minimum Gasteiger partial charge on any atom is -0.326 e. The SMILES string of the molecule is CN1C(=O)Cc2cc(NC(=O)C3CCC3)ccc21. The maximum absolute atomic E-state index is 11.8. The number of fused-ring (bicyclic) bond motifs is 1. The zero-order valence-corrected chi connectivity index (χ0v) is 10.4. The van der Waals surface area contributed by atoms with Crippen molar-refractivity contribution >= 4 is 23.2 Å². The fourth-order valence-corrected chi connectivity index (χ4v) is 2.46. The summed E-state index contributed by atoms with van der Waals surface area (Å²) in [6.07, 6.45) is 3.58. The third-order valence-corrected chi connectivity index (χ3v) is 3.90. The number of likely N-dealkylation sites (N-methyl/N-ethyl adjacent to an activating group) is 1. The van der Waals surface area contributed by atoms with E-state index < -0.39 is 0 Å². The molecule has 0 radical (unpaired) electrons. The molecule has 1 heterocycles. The Labute approximate surface area is 106 Å². The van der Waals surface area contributed by atoms with Crippen molar-refractivity contribution in [3.8, 4) is 0 Å². The van der Waals surface area contributed by atoms with Gasteiger partial charge in [-0.05, 0) is 36.6 Å². The number of rotatable bonds is 2. The first kappa shape index (κ1) is 11.3. The van der Waals surface area contributed by atoms with Crippen LogP contribution in [0.1, 0.15) is 24.8 Å². The zero-order chi connectivity index (χ0) is 12.7. The van der Waals surface area contributed by atoms with Crippen molar-refractivity contribution < 1.29 is 9.59 Å². The number of nitrogens with zero attached hydrogens (tertiary/aromatic N) is 1. The first-order valence-corrected chi connectivity index (χ1v) is 6.35. The molecule has 1 saturated carbocycles. The van der Waals surface area contributed by atoms with Crippen LogP contribution in [0.15, 0.2) is 18.2 Å². The maximum atomic E-state index is 11.8. The van der Waals surface area contributed by atoms with Crippen LogP contribution in [0.2, 0.25) is 0 Å². The molecule has 4 nitrogen and oxygen atoms in total. The van der Waals surface area contributed by atoms with Crippen LogP contribution in [0.25, 0.3) is 0 Å². The highest BCUT2D eigenvalue weighted by atomic mass is 16.2. The lowest BCUT2D eigenvalue weighted by atomic mass is 9.85. The van der Waals surface area contributed by atoms with Crippen LogP contribution in [0, 0.1) is 5.92 Å². The predicted molar refractivity (Wildman–Crippen MR) is 69.5 cm³/mol. The summed E-state index contributed by atoms with van der Waals surface area (Å²) in [4.78, 5) is 25.1. The van der Waals surface area contributed by atoms with Gasteiger partial charge in [0.25, 0.3) is 0 Å². The lowest BCUT2D eigenvalue weighted by Gasteiger charge is -2.24. The normalized spacial score (nSPS) is 18.5. The molecule has 94 valence electrons. The molecule has 0 unspecified atom stereocenters. The Morgan fingerprint density at radius 1 is 1.39 bits per heavy atom. The van der Waals surface area contributed by atoms with Gasteiger partial charge in [0.1, 0.15) is 0 Å². The molecule has 1 aromatic carbocycles. The van der Waals surface area contributed by atoms with Crippen LogP contribution in [-0.4, -0.2) is 18.9 Å². The number of carbonyl (C=O) groups excluding carboxylic acids is 2. The summed E-state index contributed by atoms with van der Waals surface area (Å²) in [5.41, 5.74) is 2.74. The van der Waals surface area contributed by atoms with E-state index in [0.717, 1.165) is 36.2 Å². The Morgan fingerprint density at radius 2 is 2.17 bits per heavy atom. The first-order valence-electron chi connectivity index (χ1n) is 6.35. The third kappa shape index (κ3) is 1.78. The number of nitrogens with one attached hydrogen (secondary N) is 1. The number of anilines is 2. The van der Waals surface area contributed by atoms with Gasteiger partial charge in [0, 0.05) is 24.3 Å². The molecule has 0 saturated heterocycles. The second-order valence-electron chi connectivity index (χ2n) is 5.09. The Morgan fingerprint density at radius 3 is 2.83 bits per heavy atom. The molecule has 1 aromatic rings. The monoisotopic (exact) mass is 244 g/mol. The van der Waals surface area contributed by atoms with Gasteiger partial charge in [-0.1, -0.05) is 6.42 Å². The largest absolute Gasteiger partial charge is 0.326 e. The van der Waals surface area contributed by atoms with Gasteiger partial charge in [-0.25, -0.2) is 0 Å². The van der Waals surface area contributed by atoms with Crippen LogP contribution < -0.4 is 10.2 Å². The van der Waals surface area contributed by atoms with Gasteiger partial charge in [0.05, 0.1) is 6.42 Å². The zero-order valence-electron chi connectivity index (χ0n) is 10.4. The van der Waals surface area contributed by atoms with Crippen molar-refractivity contribution in [1.29, 1.82) is 0 Å². The molecule has 0 atom stereocenters. The van der Waals surface area contributed by atoms with Gasteiger partial charge in [-0.15, -0.1) is 0 Å². The van der Waals surface area contributed by atoms with Crippen LogP contribution >= 0.6 is 0 Å². The Kier molecular flexibility index (Phi) is 2.58. The van der Waals surface area contributed by atoms with Crippen molar-refractivity contribution in [2.75, 3.05) is 17.3 Å². The van der Waals surface area contributed by atoms with E-state index in [2.05, 4.69) is 5.32 Å². The van der Waals surface area contributed by atoms with E-state index in [1.165, 1.54) is 0 Å². The summed E-state index contributed by atoms with van der Waals surface area (Å²) in [5, 5.41) is 2.93. The molecule has 1 aliphatic heterocycles. The Hall–Kier alpha value is -1.84. The number of amides is 2. The maximum Gasteiger partial charge on any atom is 0.231 e.